The first kappa shape index (κ1) is 11.2. The van der Waals surface area contributed by atoms with Crippen molar-refractivity contribution in [3.8, 4) is 11.5 Å². The lowest BCUT2D eigenvalue weighted by atomic mass is 9.86. The molecule has 0 amide bonds. The largest absolute Gasteiger partial charge is 0.423 e. The van der Waals surface area contributed by atoms with Crippen LogP contribution in [0.4, 0.5) is 8.78 Å². The second kappa shape index (κ2) is 3.09. The first-order valence-electron chi connectivity index (χ1n) is 5.10. The van der Waals surface area contributed by atoms with Crippen molar-refractivity contribution in [2.75, 3.05) is 0 Å². The topological polar surface area (TPSA) is 18.5 Å². The highest BCUT2D eigenvalue weighted by Gasteiger charge is 2.38. The van der Waals surface area contributed by atoms with Crippen LogP contribution >= 0.6 is 0 Å². The first-order valence-corrected chi connectivity index (χ1v) is 5.10. The highest BCUT2D eigenvalue weighted by Crippen LogP contribution is 2.43. The van der Waals surface area contributed by atoms with Crippen LogP contribution in [-0.2, 0) is 5.41 Å². The summed E-state index contributed by atoms with van der Waals surface area (Å²) >= 11 is 0. The van der Waals surface area contributed by atoms with Gasteiger partial charge in [-0.25, -0.2) is 4.39 Å². The molecular weight excluding hydrogens is 214 g/mol. The second-order valence-electron chi connectivity index (χ2n) is 5.07. The van der Waals surface area contributed by atoms with Crippen molar-refractivity contribution >= 4 is 0 Å². The van der Waals surface area contributed by atoms with Crippen molar-refractivity contribution in [3.05, 3.63) is 23.5 Å². The number of benzene rings is 1. The Labute approximate surface area is 93.2 Å². The van der Waals surface area contributed by atoms with Crippen LogP contribution in [-0.4, -0.2) is 6.04 Å². The van der Waals surface area contributed by atoms with Gasteiger partial charge in [0.05, 0.1) is 0 Å². The molecule has 0 aliphatic carbocycles. The van der Waals surface area contributed by atoms with Crippen LogP contribution in [0.5, 0.6) is 11.5 Å². The number of ether oxygens (including phenoxy) is 2. The average molecular weight is 228 g/mol. The number of halogens is 2. The molecule has 0 aromatic heterocycles. The molecule has 1 heterocycles. The molecule has 0 bridgehead atoms. The van der Waals surface area contributed by atoms with E-state index in [-0.39, 0.29) is 16.9 Å². The van der Waals surface area contributed by atoms with Crippen molar-refractivity contribution in [2.45, 2.75) is 39.2 Å². The molecule has 16 heavy (non-hydrogen) atoms. The first-order chi connectivity index (χ1) is 7.19. The molecule has 1 aromatic rings. The maximum Gasteiger partial charge on any atom is 0.404 e. The van der Waals surface area contributed by atoms with Crippen LogP contribution in [0.3, 0.4) is 0 Å². The molecule has 0 radical (unpaired) electrons. The van der Waals surface area contributed by atoms with Gasteiger partial charge in [0, 0.05) is 13.0 Å². The number of hydrogen-bond donors (Lipinski definition) is 0. The Balaban J connectivity index is 2.49. The van der Waals surface area contributed by atoms with Crippen LogP contribution in [0.1, 0.15) is 33.3 Å². The lowest BCUT2D eigenvalue weighted by Crippen LogP contribution is -2.27. The molecule has 0 spiro atoms. The summed E-state index contributed by atoms with van der Waals surface area (Å²) in [6.07, 6.45) is 0. The van der Waals surface area contributed by atoms with E-state index in [1.165, 1.54) is 12.1 Å². The molecule has 1 aliphatic heterocycles. The van der Waals surface area contributed by atoms with Crippen LogP contribution in [0, 0.1) is 5.82 Å². The van der Waals surface area contributed by atoms with E-state index in [1.54, 1.807) is 0 Å². The highest BCUT2D eigenvalue weighted by molar-refractivity contribution is 5.47. The van der Waals surface area contributed by atoms with Crippen molar-refractivity contribution in [1.29, 1.82) is 0 Å². The number of hydrogen-bond acceptors (Lipinski definition) is 2. The predicted molar refractivity (Wildman–Crippen MR) is 55.9 cm³/mol. The molecule has 88 valence electrons. The standard InChI is InChI=1S/C12H14F2O2/c1-11(2,3)7-5-9-10(6-8(7)13)16-12(4,14)15-9/h5-6H,1-4H3. The van der Waals surface area contributed by atoms with E-state index < -0.39 is 11.9 Å². The third kappa shape index (κ3) is 1.84. The number of fused-ring (bicyclic) bond motifs is 1. The van der Waals surface area contributed by atoms with Gasteiger partial charge in [-0.2, -0.15) is 4.39 Å². The molecule has 1 aliphatic rings. The Morgan fingerprint density at radius 1 is 1.12 bits per heavy atom. The van der Waals surface area contributed by atoms with Crippen LogP contribution in [0.25, 0.3) is 0 Å². The summed E-state index contributed by atoms with van der Waals surface area (Å²) in [5.41, 5.74) is 0.116. The van der Waals surface area contributed by atoms with Crippen molar-refractivity contribution in [2.24, 2.45) is 0 Å². The van der Waals surface area contributed by atoms with Crippen molar-refractivity contribution in [1.82, 2.24) is 0 Å². The van der Waals surface area contributed by atoms with Crippen molar-refractivity contribution < 1.29 is 18.3 Å². The SMILES string of the molecule is CC1(F)Oc2cc(F)c(C(C)(C)C)cc2O1. The lowest BCUT2D eigenvalue weighted by molar-refractivity contribution is -0.173. The van der Waals surface area contributed by atoms with Gasteiger partial charge in [-0.1, -0.05) is 20.8 Å². The Morgan fingerprint density at radius 2 is 1.62 bits per heavy atom. The Morgan fingerprint density at radius 3 is 2.12 bits per heavy atom. The van der Waals surface area contributed by atoms with Gasteiger partial charge in [-0.05, 0) is 17.0 Å². The fraction of sp³-hybridized carbons (Fsp3) is 0.500. The van der Waals surface area contributed by atoms with E-state index in [9.17, 15) is 8.78 Å². The van der Waals surface area contributed by atoms with Crippen molar-refractivity contribution in [3.63, 3.8) is 0 Å². The Bertz CT molecular complexity index is 433. The average Bonchev–Trinajstić information content (AvgIpc) is 2.34. The molecule has 0 saturated carbocycles. The monoisotopic (exact) mass is 228 g/mol. The number of alkyl halides is 1. The van der Waals surface area contributed by atoms with Gasteiger partial charge in [-0.3, -0.25) is 0 Å². The maximum atomic E-state index is 13.7. The summed E-state index contributed by atoms with van der Waals surface area (Å²) in [6.45, 7) is 6.77. The fourth-order valence-electron chi connectivity index (χ4n) is 1.68. The normalized spacial score (nSPS) is 23.6. The molecular formula is C12H14F2O2. The third-order valence-electron chi connectivity index (χ3n) is 2.43. The summed E-state index contributed by atoms with van der Waals surface area (Å²) in [4.78, 5) is 0. The molecule has 2 nitrogen and oxygen atoms in total. The minimum Gasteiger partial charge on any atom is -0.423 e. The minimum absolute atomic E-state index is 0.107. The van der Waals surface area contributed by atoms with E-state index in [0.717, 1.165) is 6.92 Å². The highest BCUT2D eigenvalue weighted by atomic mass is 19.2. The molecule has 0 fully saturated rings. The van der Waals surface area contributed by atoms with E-state index in [0.29, 0.717) is 5.56 Å². The molecule has 1 atom stereocenters. The summed E-state index contributed by atoms with van der Waals surface area (Å²) in [5.74, 6) is -0.0561. The van der Waals surface area contributed by atoms with Gasteiger partial charge in [0.15, 0.2) is 11.5 Å². The molecule has 2 rings (SSSR count). The number of rotatable bonds is 0. The zero-order valence-electron chi connectivity index (χ0n) is 9.73. The molecule has 4 heteroatoms. The summed E-state index contributed by atoms with van der Waals surface area (Å²) in [5, 5.41) is 0. The van der Waals surface area contributed by atoms with E-state index in [2.05, 4.69) is 0 Å². The summed E-state index contributed by atoms with van der Waals surface area (Å²) < 4.78 is 36.9. The molecule has 1 aromatic carbocycles. The molecule has 1 unspecified atom stereocenters. The molecule has 0 N–H and O–H groups in total. The van der Waals surface area contributed by atoms with Gasteiger partial charge >= 0.3 is 6.04 Å². The van der Waals surface area contributed by atoms with Gasteiger partial charge < -0.3 is 9.47 Å². The minimum atomic E-state index is -2.20. The van der Waals surface area contributed by atoms with Gasteiger partial charge in [-0.15, -0.1) is 0 Å². The predicted octanol–water partition coefficient (Wildman–Crippen LogP) is 3.54. The fourth-order valence-corrected chi connectivity index (χ4v) is 1.68. The second-order valence-corrected chi connectivity index (χ2v) is 5.07. The lowest BCUT2D eigenvalue weighted by Gasteiger charge is -2.19. The third-order valence-corrected chi connectivity index (χ3v) is 2.43. The van der Waals surface area contributed by atoms with Crippen LogP contribution in [0.2, 0.25) is 0 Å². The van der Waals surface area contributed by atoms with Crippen LogP contribution < -0.4 is 9.47 Å². The van der Waals surface area contributed by atoms with Gasteiger partial charge in [0.1, 0.15) is 5.82 Å². The van der Waals surface area contributed by atoms with E-state index in [4.69, 9.17) is 9.47 Å². The summed E-state index contributed by atoms with van der Waals surface area (Å²) in [7, 11) is 0. The van der Waals surface area contributed by atoms with E-state index >= 15 is 0 Å². The quantitative estimate of drug-likeness (QED) is 0.676. The summed E-state index contributed by atoms with van der Waals surface area (Å²) in [6, 6.07) is 0.460. The maximum absolute atomic E-state index is 13.7. The molecule has 0 saturated heterocycles. The van der Waals surface area contributed by atoms with E-state index in [1.807, 2.05) is 20.8 Å². The zero-order valence-corrected chi connectivity index (χ0v) is 9.73. The Kier molecular flexibility index (Phi) is 2.16. The van der Waals surface area contributed by atoms with Gasteiger partial charge in [0.2, 0.25) is 0 Å². The Hall–Kier alpha value is -1.32. The van der Waals surface area contributed by atoms with Gasteiger partial charge in [0.25, 0.3) is 0 Å². The zero-order chi connectivity index (χ0) is 12.1. The smallest absolute Gasteiger partial charge is 0.404 e. The van der Waals surface area contributed by atoms with Crippen LogP contribution in [0.15, 0.2) is 12.1 Å².